The number of fused-ring (bicyclic) bond motifs is 1. The van der Waals surface area contributed by atoms with Gasteiger partial charge in [-0.25, -0.2) is 4.68 Å². The average molecular weight is 471 g/mol. The lowest BCUT2D eigenvalue weighted by molar-refractivity contribution is -0.122. The highest BCUT2D eigenvalue weighted by Gasteiger charge is 2.25. The molecule has 0 spiro atoms. The van der Waals surface area contributed by atoms with Gasteiger partial charge in [0.05, 0.1) is 31.7 Å². The van der Waals surface area contributed by atoms with Gasteiger partial charge in [0.2, 0.25) is 5.91 Å². The quantitative estimate of drug-likeness (QED) is 0.466. The van der Waals surface area contributed by atoms with Crippen LogP contribution in [0.5, 0.6) is 11.5 Å². The van der Waals surface area contributed by atoms with E-state index in [1.54, 1.807) is 53.0 Å². The number of furan rings is 1. The number of hydrogen-bond acceptors (Lipinski definition) is 7. The van der Waals surface area contributed by atoms with Gasteiger partial charge in [-0.1, -0.05) is 0 Å². The van der Waals surface area contributed by atoms with E-state index in [0.717, 1.165) is 22.8 Å². The van der Waals surface area contributed by atoms with Crippen molar-refractivity contribution in [1.29, 1.82) is 0 Å². The fourth-order valence-electron chi connectivity index (χ4n) is 3.48. The monoisotopic (exact) mass is 470 g/mol. The standard InChI is InChI=1S/C23H26N4O5S/c1-3-30-19-8-7-15(10-20(19)31-4-2)23(29)25-22-17-13-33-14-18(17)26-27(22)12-21(28)24-11-16-6-5-9-32-16/h5-10H,3-4,11-14H2,1-2H3,(H,24,28)(H,25,29). The molecule has 174 valence electrons. The molecule has 1 aromatic carbocycles. The summed E-state index contributed by atoms with van der Waals surface area (Å²) in [5.74, 6) is 3.25. The molecule has 2 N–H and O–H groups in total. The van der Waals surface area contributed by atoms with Crippen molar-refractivity contribution in [2.24, 2.45) is 0 Å². The molecule has 0 fully saturated rings. The van der Waals surface area contributed by atoms with E-state index < -0.39 is 0 Å². The Morgan fingerprint density at radius 2 is 1.97 bits per heavy atom. The number of carbonyl (C=O) groups excluding carboxylic acids is 2. The van der Waals surface area contributed by atoms with Gasteiger partial charge >= 0.3 is 0 Å². The Kier molecular flexibility index (Phi) is 7.23. The molecule has 10 heteroatoms. The Balaban J connectivity index is 1.51. The molecule has 33 heavy (non-hydrogen) atoms. The second-order valence-electron chi connectivity index (χ2n) is 7.26. The molecule has 0 aliphatic carbocycles. The molecule has 0 saturated heterocycles. The van der Waals surface area contributed by atoms with E-state index in [9.17, 15) is 9.59 Å². The first-order chi connectivity index (χ1) is 16.1. The van der Waals surface area contributed by atoms with E-state index in [2.05, 4.69) is 15.7 Å². The Morgan fingerprint density at radius 1 is 1.15 bits per heavy atom. The van der Waals surface area contributed by atoms with E-state index >= 15 is 0 Å². The molecule has 2 aromatic heterocycles. The molecule has 0 radical (unpaired) electrons. The van der Waals surface area contributed by atoms with Crippen LogP contribution in [-0.4, -0.2) is 34.8 Å². The number of carbonyl (C=O) groups is 2. The van der Waals surface area contributed by atoms with E-state index in [4.69, 9.17) is 13.9 Å². The first-order valence-corrected chi connectivity index (χ1v) is 11.9. The van der Waals surface area contributed by atoms with Crippen molar-refractivity contribution in [2.45, 2.75) is 38.4 Å². The number of ether oxygens (including phenoxy) is 2. The zero-order valence-electron chi connectivity index (χ0n) is 18.6. The minimum atomic E-state index is -0.309. The normalized spacial score (nSPS) is 12.3. The third-order valence-electron chi connectivity index (χ3n) is 4.99. The molecule has 0 saturated carbocycles. The van der Waals surface area contributed by atoms with Crippen molar-refractivity contribution in [1.82, 2.24) is 15.1 Å². The zero-order valence-corrected chi connectivity index (χ0v) is 19.4. The van der Waals surface area contributed by atoms with Crippen molar-refractivity contribution in [3.63, 3.8) is 0 Å². The third kappa shape index (κ3) is 5.33. The molecule has 0 atom stereocenters. The number of nitrogens with one attached hydrogen (secondary N) is 2. The lowest BCUT2D eigenvalue weighted by Gasteiger charge is -2.14. The third-order valence-corrected chi connectivity index (χ3v) is 5.96. The van der Waals surface area contributed by atoms with Crippen molar-refractivity contribution < 1.29 is 23.5 Å². The zero-order chi connectivity index (χ0) is 23.2. The van der Waals surface area contributed by atoms with Crippen LogP contribution in [0, 0.1) is 0 Å². The van der Waals surface area contributed by atoms with E-state index in [1.807, 2.05) is 13.8 Å². The minimum Gasteiger partial charge on any atom is -0.490 e. The molecule has 3 aromatic rings. The highest BCUT2D eigenvalue weighted by Crippen LogP contribution is 2.35. The van der Waals surface area contributed by atoms with Gasteiger partial charge in [-0.3, -0.25) is 9.59 Å². The lowest BCUT2D eigenvalue weighted by atomic mass is 10.2. The number of hydrogen-bond donors (Lipinski definition) is 2. The summed E-state index contributed by atoms with van der Waals surface area (Å²) in [6.07, 6.45) is 1.56. The largest absolute Gasteiger partial charge is 0.490 e. The lowest BCUT2D eigenvalue weighted by Crippen LogP contribution is -2.28. The van der Waals surface area contributed by atoms with Gasteiger partial charge in [-0.15, -0.1) is 0 Å². The molecular formula is C23H26N4O5S. The number of benzene rings is 1. The average Bonchev–Trinajstić information content (AvgIpc) is 3.54. The topological polar surface area (TPSA) is 108 Å². The Bertz CT molecular complexity index is 1130. The van der Waals surface area contributed by atoms with Gasteiger partial charge in [-0.05, 0) is 44.2 Å². The van der Waals surface area contributed by atoms with Crippen molar-refractivity contribution in [2.75, 3.05) is 18.5 Å². The van der Waals surface area contributed by atoms with Crippen LogP contribution < -0.4 is 20.1 Å². The number of rotatable bonds is 10. The number of nitrogens with zero attached hydrogens (tertiary/aromatic N) is 2. The van der Waals surface area contributed by atoms with Crippen LogP contribution in [0.1, 0.15) is 41.2 Å². The SMILES string of the molecule is CCOc1ccc(C(=O)Nc2c3c(nn2CC(=O)NCc2ccco2)CSC3)cc1OCC. The fraction of sp³-hybridized carbons (Fsp3) is 0.348. The summed E-state index contributed by atoms with van der Waals surface area (Å²) in [6, 6.07) is 8.63. The summed E-state index contributed by atoms with van der Waals surface area (Å²) in [4.78, 5) is 25.6. The minimum absolute atomic E-state index is 0.0124. The van der Waals surface area contributed by atoms with Crippen LogP contribution in [0.15, 0.2) is 41.0 Å². The summed E-state index contributed by atoms with van der Waals surface area (Å²) in [5.41, 5.74) is 2.26. The first kappa shape index (κ1) is 22.8. The van der Waals surface area contributed by atoms with Crippen LogP contribution in [0.25, 0.3) is 0 Å². The first-order valence-electron chi connectivity index (χ1n) is 10.7. The summed E-state index contributed by atoms with van der Waals surface area (Å²) in [6.45, 7) is 4.99. The maximum atomic E-state index is 13.1. The maximum Gasteiger partial charge on any atom is 0.256 e. The second kappa shape index (κ2) is 10.5. The number of thioether (sulfide) groups is 1. The molecular weight excluding hydrogens is 444 g/mol. The molecule has 3 heterocycles. The van der Waals surface area contributed by atoms with Crippen molar-refractivity contribution in [3.05, 3.63) is 59.2 Å². The highest BCUT2D eigenvalue weighted by atomic mass is 32.2. The maximum absolute atomic E-state index is 13.1. The molecule has 1 aliphatic heterocycles. The molecule has 0 bridgehead atoms. The van der Waals surface area contributed by atoms with Crippen LogP contribution in [0.2, 0.25) is 0 Å². The molecule has 4 rings (SSSR count). The summed E-state index contributed by atoms with van der Waals surface area (Å²) in [5, 5.41) is 10.3. The van der Waals surface area contributed by atoms with Crippen LogP contribution in [-0.2, 0) is 29.4 Å². The molecule has 1 aliphatic rings. The predicted octanol–water partition coefficient (Wildman–Crippen LogP) is 3.59. The second-order valence-corrected chi connectivity index (χ2v) is 8.25. The molecule has 9 nitrogen and oxygen atoms in total. The van der Waals surface area contributed by atoms with Crippen molar-refractivity contribution >= 4 is 29.4 Å². The van der Waals surface area contributed by atoms with E-state index in [0.29, 0.717) is 41.9 Å². The van der Waals surface area contributed by atoms with Gasteiger partial charge in [0.1, 0.15) is 18.1 Å². The highest BCUT2D eigenvalue weighted by molar-refractivity contribution is 7.98. The van der Waals surface area contributed by atoms with Gasteiger partial charge in [-0.2, -0.15) is 16.9 Å². The van der Waals surface area contributed by atoms with Gasteiger partial charge in [0.25, 0.3) is 5.91 Å². The Labute approximate surface area is 195 Å². The number of aromatic nitrogens is 2. The predicted molar refractivity (Wildman–Crippen MR) is 125 cm³/mol. The van der Waals surface area contributed by atoms with E-state index in [-0.39, 0.29) is 24.9 Å². The fourth-order valence-corrected chi connectivity index (χ4v) is 4.52. The Morgan fingerprint density at radius 3 is 2.73 bits per heavy atom. The van der Waals surface area contributed by atoms with E-state index in [1.165, 1.54) is 0 Å². The number of amides is 2. The van der Waals surface area contributed by atoms with Crippen LogP contribution in [0.4, 0.5) is 5.82 Å². The van der Waals surface area contributed by atoms with Crippen LogP contribution >= 0.6 is 11.8 Å². The summed E-state index contributed by atoms with van der Waals surface area (Å²) in [7, 11) is 0. The summed E-state index contributed by atoms with van der Waals surface area (Å²) < 4.78 is 18.0. The molecule has 2 amide bonds. The van der Waals surface area contributed by atoms with Gasteiger partial charge in [0, 0.05) is 22.6 Å². The van der Waals surface area contributed by atoms with Gasteiger partial charge < -0.3 is 24.5 Å². The van der Waals surface area contributed by atoms with Crippen LogP contribution in [0.3, 0.4) is 0 Å². The smallest absolute Gasteiger partial charge is 0.256 e. The number of anilines is 1. The van der Waals surface area contributed by atoms with Gasteiger partial charge in [0.15, 0.2) is 11.5 Å². The Hall–Kier alpha value is -3.40. The molecule has 0 unspecified atom stereocenters. The summed E-state index contributed by atoms with van der Waals surface area (Å²) >= 11 is 1.72. The van der Waals surface area contributed by atoms with Crippen molar-refractivity contribution in [3.8, 4) is 11.5 Å².